The van der Waals surface area contributed by atoms with Gasteiger partial charge in [0.1, 0.15) is 0 Å². The van der Waals surface area contributed by atoms with Crippen molar-refractivity contribution in [2.75, 3.05) is 32.1 Å². The zero-order valence-electron chi connectivity index (χ0n) is 18.0. The Morgan fingerprint density at radius 2 is 1.63 bits per heavy atom. The smallest absolute Gasteiger partial charge is 0.243 e. The molecule has 0 aliphatic rings. The third-order valence-electron chi connectivity index (χ3n) is 4.79. The van der Waals surface area contributed by atoms with E-state index in [-0.39, 0.29) is 24.0 Å². The van der Waals surface area contributed by atoms with Gasteiger partial charge < -0.3 is 10.0 Å². The number of aliphatic hydroxyl groups is 1. The molecule has 30 heavy (non-hydrogen) atoms. The molecule has 0 bridgehead atoms. The lowest BCUT2D eigenvalue weighted by molar-refractivity contribution is 0.175. The first-order chi connectivity index (χ1) is 14.1. The van der Waals surface area contributed by atoms with Crippen LogP contribution in [0.3, 0.4) is 0 Å². The molecule has 0 aromatic heterocycles. The molecule has 0 amide bonds. The fourth-order valence-electron chi connectivity index (χ4n) is 3.19. The maximum Gasteiger partial charge on any atom is 0.243 e. The quantitative estimate of drug-likeness (QED) is 0.578. The second-order valence-electron chi connectivity index (χ2n) is 7.88. The zero-order valence-corrected chi connectivity index (χ0v) is 19.6. The Labute approximate surface area is 185 Å². The van der Waals surface area contributed by atoms with Gasteiger partial charge in [-0.15, -0.1) is 0 Å². The largest absolute Gasteiger partial charge is 0.395 e. The normalized spacial score (nSPS) is 13.3. The fraction of sp³-hybridized carbons (Fsp3) is 0.391. The minimum absolute atomic E-state index is 0.165. The first-order valence-electron chi connectivity index (χ1n) is 9.97. The molecule has 0 unspecified atom stereocenters. The van der Waals surface area contributed by atoms with Crippen molar-refractivity contribution in [2.24, 2.45) is 5.92 Å². The van der Waals surface area contributed by atoms with Crippen LogP contribution in [-0.4, -0.2) is 51.1 Å². The summed E-state index contributed by atoms with van der Waals surface area (Å²) in [5.41, 5.74) is 2.07. The van der Waals surface area contributed by atoms with Crippen LogP contribution in [-0.2, 0) is 10.0 Å². The molecule has 164 valence electrons. The van der Waals surface area contributed by atoms with Crippen LogP contribution in [0.15, 0.2) is 59.5 Å². The predicted molar refractivity (Wildman–Crippen MR) is 125 cm³/mol. The molecule has 0 saturated heterocycles. The second kappa shape index (κ2) is 11.0. The number of aliphatic hydroxyl groups excluding tert-OH is 1. The molecule has 2 aromatic rings. The standard InChI is InChI=1S/C23H31ClN2O3S/c1-18(2)16-22(17-27)26(30(28,29)23-13-9-20(24)10-14-23)15-5-6-19-7-11-21(12-8-19)25(3)4/h5-14,18,22,27H,15-17H2,1-4H3/t22-/m1/s1. The molecule has 0 aliphatic carbocycles. The highest BCUT2D eigenvalue weighted by atomic mass is 35.5. The zero-order chi connectivity index (χ0) is 22.3. The third kappa shape index (κ3) is 6.57. The van der Waals surface area contributed by atoms with Gasteiger partial charge in [-0.05, 0) is 54.3 Å². The Morgan fingerprint density at radius 1 is 1.03 bits per heavy atom. The van der Waals surface area contributed by atoms with Crippen LogP contribution in [0.5, 0.6) is 0 Å². The number of rotatable bonds is 10. The summed E-state index contributed by atoms with van der Waals surface area (Å²) in [5.74, 6) is 0.243. The van der Waals surface area contributed by atoms with Gasteiger partial charge in [-0.2, -0.15) is 4.31 Å². The van der Waals surface area contributed by atoms with Gasteiger partial charge in [-0.1, -0.05) is 49.7 Å². The molecule has 7 heteroatoms. The highest BCUT2D eigenvalue weighted by molar-refractivity contribution is 7.89. The third-order valence-corrected chi connectivity index (χ3v) is 6.97. The van der Waals surface area contributed by atoms with Crippen molar-refractivity contribution in [2.45, 2.75) is 31.2 Å². The summed E-state index contributed by atoms with van der Waals surface area (Å²) >= 11 is 5.92. The van der Waals surface area contributed by atoms with E-state index in [9.17, 15) is 13.5 Å². The number of nitrogens with zero attached hydrogens (tertiary/aromatic N) is 2. The highest BCUT2D eigenvalue weighted by Gasteiger charge is 2.30. The van der Waals surface area contributed by atoms with Gasteiger partial charge >= 0.3 is 0 Å². The van der Waals surface area contributed by atoms with Gasteiger partial charge in [0.05, 0.1) is 11.5 Å². The molecule has 0 fully saturated rings. The van der Waals surface area contributed by atoms with Crippen molar-refractivity contribution >= 4 is 33.4 Å². The Kier molecular flexibility index (Phi) is 8.92. The van der Waals surface area contributed by atoms with E-state index < -0.39 is 16.1 Å². The molecule has 1 N–H and O–H groups in total. The Bertz CT molecular complexity index is 924. The molecular formula is C23H31ClN2O3S. The van der Waals surface area contributed by atoms with Gasteiger partial charge in [0, 0.05) is 37.4 Å². The first-order valence-corrected chi connectivity index (χ1v) is 11.8. The Hall–Kier alpha value is -1.86. The summed E-state index contributed by atoms with van der Waals surface area (Å²) in [6.45, 7) is 3.95. The molecule has 0 heterocycles. The van der Waals surface area contributed by atoms with E-state index in [1.54, 1.807) is 12.1 Å². The fourth-order valence-corrected chi connectivity index (χ4v) is 4.89. The summed E-state index contributed by atoms with van der Waals surface area (Å²) < 4.78 is 28.0. The van der Waals surface area contributed by atoms with Crippen LogP contribution < -0.4 is 4.90 Å². The van der Waals surface area contributed by atoms with Crippen LogP contribution in [0.1, 0.15) is 25.8 Å². The second-order valence-corrected chi connectivity index (χ2v) is 10.2. The van der Waals surface area contributed by atoms with Crippen molar-refractivity contribution < 1.29 is 13.5 Å². The predicted octanol–water partition coefficient (Wildman–Crippen LogP) is 4.52. The van der Waals surface area contributed by atoms with Crippen molar-refractivity contribution in [1.82, 2.24) is 4.31 Å². The molecule has 2 aromatic carbocycles. The lowest BCUT2D eigenvalue weighted by Gasteiger charge is -2.30. The number of hydrogen-bond acceptors (Lipinski definition) is 4. The highest BCUT2D eigenvalue weighted by Crippen LogP contribution is 2.23. The Morgan fingerprint density at radius 3 is 2.13 bits per heavy atom. The van der Waals surface area contributed by atoms with Crippen LogP contribution >= 0.6 is 11.6 Å². The van der Waals surface area contributed by atoms with Gasteiger partial charge in [-0.3, -0.25) is 0 Å². The van der Waals surface area contributed by atoms with Crippen LogP contribution in [0.25, 0.3) is 6.08 Å². The first kappa shape index (κ1) is 24.4. The maximum atomic E-state index is 13.3. The van der Waals surface area contributed by atoms with Crippen molar-refractivity contribution in [1.29, 1.82) is 0 Å². The number of hydrogen-bond donors (Lipinski definition) is 1. The monoisotopic (exact) mass is 450 g/mol. The summed E-state index contributed by atoms with van der Waals surface area (Å²) in [6, 6.07) is 13.6. The number of benzene rings is 2. The van der Waals surface area contributed by atoms with E-state index in [0.717, 1.165) is 11.3 Å². The molecule has 1 atom stereocenters. The topological polar surface area (TPSA) is 60.9 Å². The molecule has 0 radical (unpaired) electrons. The van der Waals surface area contributed by atoms with Crippen LogP contribution in [0.2, 0.25) is 5.02 Å². The number of sulfonamides is 1. The molecule has 0 aliphatic heterocycles. The molecule has 0 saturated carbocycles. The van der Waals surface area contributed by atoms with Crippen LogP contribution in [0, 0.1) is 5.92 Å². The van der Waals surface area contributed by atoms with Crippen LogP contribution in [0.4, 0.5) is 5.69 Å². The molecule has 0 spiro atoms. The van der Waals surface area contributed by atoms with E-state index in [1.807, 2.05) is 69.3 Å². The van der Waals surface area contributed by atoms with Gasteiger partial charge in [-0.25, -0.2) is 8.42 Å². The molecular weight excluding hydrogens is 420 g/mol. The van der Waals surface area contributed by atoms with Gasteiger partial charge in [0.15, 0.2) is 0 Å². The SMILES string of the molecule is CC(C)C[C@H](CO)N(CC=Cc1ccc(N(C)C)cc1)S(=O)(=O)c1ccc(Cl)cc1. The van der Waals surface area contributed by atoms with E-state index >= 15 is 0 Å². The number of anilines is 1. The minimum Gasteiger partial charge on any atom is -0.395 e. The lowest BCUT2D eigenvalue weighted by atomic mass is 10.0. The van der Waals surface area contributed by atoms with E-state index in [4.69, 9.17) is 11.6 Å². The lowest BCUT2D eigenvalue weighted by Crippen LogP contribution is -2.43. The van der Waals surface area contributed by atoms with Gasteiger partial charge in [0.25, 0.3) is 0 Å². The Balaban J connectivity index is 2.30. The average Bonchev–Trinajstić information content (AvgIpc) is 2.70. The summed E-state index contributed by atoms with van der Waals surface area (Å²) in [4.78, 5) is 2.18. The van der Waals surface area contributed by atoms with Crippen molar-refractivity contribution in [3.8, 4) is 0 Å². The van der Waals surface area contributed by atoms with E-state index in [1.165, 1.54) is 16.4 Å². The molecule has 5 nitrogen and oxygen atoms in total. The van der Waals surface area contributed by atoms with Crippen molar-refractivity contribution in [3.05, 3.63) is 65.2 Å². The van der Waals surface area contributed by atoms with E-state index in [2.05, 4.69) is 0 Å². The minimum atomic E-state index is -3.79. The van der Waals surface area contributed by atoms with Crippen molar-refractivity contribution in [3.63, 3.8) is 0 Å². The molecule has 2 rings (SSSR count). The van der Waals surface area contributed by atoms with E-state index in [0.29, 0.717) is 11.4 Å². The summed E-state index contributed by atoms with van der Waals surface area (Å²) in [7, 11) is 0.170. The number of halogens is 1. The summed E-state index contributed by atoms with van der Waals surface area (Å²) in [5, 5.41) is 10.4. The average molecular weight is 451 g/mol. The maximum absolute atomic E-state index is 13.3. The van der Waals surface area contributed by atoms with Gasteiger partial charge in [0.2, 0.25) is 10.0 Å². The summed E-state index contributed by atoms with van der Waals surface area (Å²) in [6.07, 6.45) is 4.28.